The minimum absolute atomic E-state index is 0.0729. The highest BCUT2D eigenvalue weighted by molar-refractivity contribution is 5.69. The topological polar surface area (TPSA) is 63.6 Å². The van der Waals surface area contributed by atoms with Crippen molar-refractivity contribution in [3.63, 3.8) is 0 Å². The monoisotopic (exact) mass is 605 g/mol. The second kappa shape index (κ2) is 34.9. The third-order valence-corrected chi connectivity index (χ3v) is 8.44. The van der Waals surface area contributed by atoms with Crippen molar-refractivity contribution in [1.29, 1.82) is 0 Å². The third-order valence-electron chi connectivity index (χ3n) is 8.44. The molecule has 0 heterocycles. The number of carbonyl (C=O) groups excluding carboxylic acids is 1. The Morgan fingerprint density at radius 2 is 0.930 bits per heavy atom. The zero-order valence-electron chi connectivity index (χ0n) is 28.8. The van der Waals surface area contributed by atoms with E-state index in [1.54, 1.807) is 0 Å². The molecule has 0 saturated heterocycles. The highest BCUT2D eigenvalue weighted by Gasteiger charge is 2.15. The van der Waals surface area contributed by atoms with E-state index in [9.17, 15) is 9.59 Å². The van der Waals surface area contributed by atoms with Gasteiger partial charge in [-0.2, -0.15) is 0 Å². The van der Waals surface area contributed by atoms with E-state index in [1.165, 1.54) is 135 Å². The second-order valence-electron chi connectivity index (χ2n) is 12.8. The van der Waals surface area contributed by atoms with Crippen LogP contribution in [0.2, 0.25) is 0 Å². The molecule has 0 bridgehead atoms. The largest absolute Gasteiger partial charge is 0.481 e. The molecule has 4 heteroatoms. The molecule has 0 fully saturated rings. The summed E-state index contributed by atoms with van der Waals surface area (Å²) in [6.07, 6.45) is 43.3. The van der Waals surface area contributed by atoms with Crippen molar-refractivity contribution in [2.75, 3.05) is 0 Å². The zero-order chi connectivity index (χ0) is 31.5. The first-order chi connectivity index (χ1) is 21.1. The highest BCUT2D eigenvalue weighted by atomic mass is 16.5. The van der Waals surface area contributed by atoms with Crippen molar-refractivity contribution in [3.05, 3.63) is 24.3 Å². The summed E-state index contributed by atoms with van der Waals surface area (Å²) in [4.78, 5) is 23.5. The standard InChI is InChI=1S/C39H72O4/c1-3-5-7-9-11-13-15-16-17-18-19-20-21-22-24-26-28-30-32-34-39(42)43-37(35-36-38(40)41)33-31-29-27-25-23-14-12-10-8-6-4-2/h11,13,16-17,37H,3-10,12,14-15,18-36H2,1-2H3,(H,40,41)/b13-11-,17-16-. The van der Waals surface area contributed by atoms with Crippen molar-refractivity contribution >= 4 is 11.9 Å². The Bertz CT molecular complexity index is 654. The van der Waals surface area contributed by atoms with Gasteiger partial charge in [0.25, 0.3) is 0 Å². The lowest BCUT2D eigenvalue weighted by Gasteiger charge is -2.17. The minimum Gasteiger partial charge on any atom is -0.481 e. The molecule has 1 atom stereocenters. The van der Waals surface area contributed by atoms with E-state index in [2.05, 4.69) is 38.2 Å². The second-order valence-corrected chi connectivity index (χ2v) is 12.8. The summed E-state index contributed by atoms with van der Waals surface area (Å²) in [6.45, 7) is 4.51. The summed E-state index contributed by atoms with van der Waals surface area (Å²) >= 11 is 0. The molecule has 0 aromatic carbocycles. The van der Waals surface area contributed by atoms with E-state index in [4.69, 9.17) is 9.84 Å². The van der Waals surface area contributed by atoms with Gasteiger partial charge in [0.2, 0.25) is 0 Å². The van der Waals surface area contributed by atoms with Gasteiger partial charge in [-0.25, -0.2) is 0 Å². The maximum atomic E-state index is 12.4. The first kappa shape index (κ1) is 41.4. The quantitative estimate of drug-likeness (QED) is 0.0451. The van der Waals surface area contributed by atoms with E-state index in [0.29, 0.717) is 12.8 Å². The van der Waals surface area contributed by atoms with E-state index >= 15 is 0 Å². The van der Waals surface area contributed by atoms with E-state index in [0.717, 1.165) is 38.5 Å². The summed E-state index contributed by atoms with van der Waals surface area (Å²) in [5, 5.41) is 9.09. The van der Waals surface area contributed by atoms with Gasteiger partial charge in [-0.05, 0) is 57.8 Å². The molecule has 252 valence electrons. The Morgan fingerprint density at radius 3 is 1.44 bits per heavy atom. The average molecular weight is 605 g/mol. The maximum Gasteiger partial charge on any atom is 0.306 e. The molecular formula is C39H72O4. The summed E-state index contributed by atoms with van der Waals surface area (Å²) in [5.41, 5.74) is 0. The third kappa shape index (κ3) is 34.8. The summed E-state index contributed by atoms with van der Waals surface area (Å²) in [5.74, 6) is -0.955. The van der Waals surface area contributed by atoms with Crippen molar-refractivity contribution in [2.45, 2.75) is 213 Å². The number of hydrogen-bond donors (Lipinski definition) is 1. The molecule has 0 rings (SSSR count). The molecule has 0 saturated carbocycles. The lowest BCUT2D eigenvalue weighted by atomic mass is 10.0. The fourth-order valence-electron chi connectivity index (χ4n) is 5.62. The fourth-order valence-corrected chi connectivity index (χ4v) is 5.62. The Hall–Kier alpha value is -1.58. The smallest absolute Gasteiger partial charge is 0.306 e. The number of esters is 1. The molecule has 0 spiro atoms. The molecule has 0 aromatic heterocycles. The normalized spacial score (nSPS) is 12.4. The number of carboxylic acid groups (broad SMARTS) is 1. The first-order valence-electron chi connectivity index (χ1n) is 18.8. The van der Waals surface area contributed by atoms with Gasteiger partial charge in [0.15, 0.2) is 0 Å². The minimum atomic E-state index is -0.812. The molecule has 0 radical (unpaired) electrons. The number of allylic oxidation sites excluding steroid dienone is 4. The number of rotatable bonds is 34. The number of carbonyl (C=O) groups is 2. The number of aliphatic carboxylic acids is 1. The number of hydrogen-bond acceptors (Lipinski definition) is 3. The van der Waals surface area contributed by atoms with Crippen LogP contribution in [0, 0.1) is 0 Å². The van der Waals surface area contributed by atoms with Crippen LogP contribution >= 0.6 is 0 Å². The lowest BCUT2D eigenvalue weighted by molar-refractivity contribution is -0.151. The van der Waals surface area contributed by atoms with Crippen LogP contribution in [0.3, 0.4) is 0 Å². The number of unbranched alkanes of at least 4 members (excludes halogenated alkanes) is 22. The molecule has 1 N–H and O–H groups in total. The van der Waals surface area contributed by atoms with Gasteiger partial charge in [-0.15, -0.1) is 0 Å². The van der Waals surface area contributed by atoms with Crippen LogP contribution in [-0.4, -0.2) is 23.1 Å². The van der Waals surface area contributed by atoms with Crippen LogP contribution in [0.5, 0.6) is 0 Å². The Morgan fingerprint density at radius 1 is 0.512 bits per heavy atom. The van der Waals surface area contributed by atoms with Crippen molar-refractivity contribution < 1.29 is 19.4 Å². The van der Waals surface area contributed by atoms with Gasteiger partial charge in [-0.3, -0.25) is 9.59 Å². The van der Waals surface area contributed by atoms with Crippen molar-refractivity contribution in [1.82, 2.24) is 0 Å². The van der Waals surface area contributed by atoms with Gasteiger partial charge < -0.3 is 9.84 Å². The predicted octanol–water partition coefficient (Wildman–Crippen LogP) is 12.8. The van der Waals surface area contributed by atoms with Gasteiger partial charge in [0.05, 0.1) is 0 Å². The first-order valence-corrected chi connectivity index (χ1v) is 18.8. The van der Waals surface area contributed by atoms with Crippen LogP contribution < -0.4 is 0 Å². The number of ether oxygens (including phenoxy) is 1. The molecule has 1 unspecified atom stereocenters. The Labute approximate surface area is 267 Å². The van der Waals surface area contributed by atoms with Gasteiger partial charge in [0, 0.05) is 12.8 Å². The molecule has 43 heavy (non-hydrogen) atoms. The fraction of sp³-hybridized carbons (Fsp3) is 0.846. The van der Waals surface area contributed by atoms with E-state index in [1.807, 2.05) is 0 Å². The van der Waals surface area contributed by atoms with Crippen molar-refractivity contribution in [3.8, 4) is 0 Å². The summed E-state index contributed by atoms with van der Waals surface area (Å²) < 4.78 is 5.72. The van der Waals surface area contributed by atoms with Crippen LogP contribution in [0.1, 0.15) is 206 Å². The molecule has 4 nitrogen and oxygen atoms in total. The SMILES string of the molecule is CCCCC/C=C\C/C=C\CCCCCCCCCCCC(=O)OC(CCCCCCCCCCCCC)CCC(=O)O. The van der Waals surface area contributed by atoms with E-state index < -0.39 is 5.97 Å². The maximum absolute atomic E-state index is 12.4. The van der Waals surface area contributed by atoms with E-state index in [-0.39, 0.29) is 18.5 Å². The summed E-state index contributed by atoms with van der Waals surface area (Å²) in [7, 11) is 0. The van der Waals surface area contributed by atoms with Crippen LogP contribution in [0.4, 0.5) is 0 Å². The van der Waals surface area contributed by atoms with Gasteiger partial charge in [0.1, 0.15) is 6.10 Å². The number of carboxylic acids is 1. The molecule has 0 aliphatic carbocycles. The van der Waals surface area contributed by atoms with Crippen LogP contribution in [0.25, 0.3) is 0 Å². The van der Waals surface area contributed by atoms with Crippen LogP contribution in [0.15, 0.2) is 24.3 Å². The molecular weight excluding hydrogens is 532 g/mol. The zero-order valence-corrected chi connectivity index (χ0v) is 28.8. The van der Waals surface area contributed by atoms with Crippen molar-refractivity contribution in [2.24, 2.45) is 0 Å². The predicted molar refractivity (Wildman–Crippen MR) is 186 cm³/mol. The van der Waals surface area contributed by atoms with Crippen LogP contribution in [-0.2, 0) is 14.3 Å². The lowest BCUT2D eigenvalue weighted by Crippen LogP contribution is -2.19. The molecule has 0 aliphatic rings. The Kier molecular flexibility index (Phi) is 33.6. The highest BCUT2D eigenvalue weighted by Crippen LogP contribution is 2.17. The molecule has 0 amide bonds. The molecule has 0 aromatic rings. The van der Waals surface area contributed by atoms with Gasteiger partial charge in [-0.1, -0.05) is 160 Å². The van der Waals surface area contributed by atoms with Gasteiger partial charge >= 0.3 is 11.9 Å². The average Bonchev–Trinajstić information content (AvgIpc) is 2.99. The molecule has 0 aliphatic heterocycles. The summed E-state index contributed by atoms with van der Waals surface area (Å²) in [6, 6.07) is 0. The Balaban J connectivity index is 3.70.